The van der Waals surface area contributed by atoms with Crippen molar-refractivity contribution in [2.45, 2.75) is 40.2 Å². The number of rotatable bonds is 7. The van der Waals surface area contributed by atoms with Gasteiger partial charge in [0.2, 0.25) is 5.95 Å². The van der Waals surface area contributed by atoms with Crippen molar-refractivity contribution in [2.24, 2.45) is 0 Å². The predicted molar refractivity (Wildman–Crippen MR) is 91.4 cm³/mol. The maximum atomic E-state index is 11.5. The first-order valence-corrected chi connectivity index (χ1v) is 8.26. The summed E-state index contributed by atoms with van der Waals surface area (Å²) in [5, 5.41) is 2.63. The van der Waals surface area contributed by atoms with Gasteiger partial charge in [-0.05, 0) is 27.2 Å². The largest absolute Gasteiger partial charge is 0.494 e. The number of nitrogens with one attached hydrogen (secondary N) is 1. The summed E-state index contributed by atoms with van der Waals surface area (Å²) in [5.74, 6) is 2.03. The van der Waals surface area contributed by atoms with Crippen molar-refractivity contribution < 1.29 is 19.0 Å². The van der Waals surface area contributed by atoms with Gasteiger partial charge in [0.25, 0.3) is 0 Å². The molecular formula is C17H25N3O4. The van der Waals surface area contributed by atoms with E-state index >= 15 is 0 Å². The van der Waals surface area contributed by atoms with Crippen molar-refractivity contribution >= 4 is 17.6 Å². The van der Waals surface area contributed by atoms with Gasteiger partial charge in [-0.1, -0.05) is 6.08 Å². The lowest BCUT2D eigenvalue weighted by Crippen LogP contribution is -2.15. The third kappa shape index (κ3) is 3.90. The summed E-state index contributed by atoms with van der Waals surface area (Å²) in [7, 11) is 1.32. The molecule has 132 valence electrons. The van der Waals surface area contributed by atoms with Gasteiger partial charge in [-0.2, -0.15) is 0 Å². The number of imidazole rings is 1. The summed E-state index contributed by atoms with van der Waals surface area (Å²) >= 11 is 0. The summed E-state index contributed by atoms with van der Waals surface area (Å²) in [6, 6.07) is 0. The van der Waals surface area contributed by atoms with Crippen LogP contribution in [0.5, 0.6) is 0 Å². The van der Waals surface area contributed by atoms with E-state index < -0.39 is 6.09 Å². The highest BCUT2D eigenvalue weighted by Gasteiger charge is 2.23. The van der Waals surface area contributed by atoms with Crippen molar-refractivity contribution in [2.75, 3.05) is 25.6 Å². The Labute approximate surface area is 142 Å². The number of amides is 1. The molecule has 0 saturated carbocycles. The number of carbonyl (C=O) groups is 1. The normalized spacial score (nSPS) is 14.2. The van der Waals surface area contributed by atoms with E-state index in [1.54, 1.807) is 0 Å². The van der Waals surface area contributed by atoms with Crippen LogP contribution in [-0.4, -0.2) is 36.0 Å². The molecule has 1 N–H and O–H groups in total. The molecule has 0 unspecified atom stereocenters. The van der Waals surface area contributed by atoms with Crippen LogP contribution in [0.3, 0.4) is 0 Å². The number of hydrogen-bond donors (Lipinski definition) is 1. The van der Waals surface area contributed by atoms with E-state index in [9.17, 15) is 4.79 Å². The molecule has 1 aliphatic carbocycles. The van der Waals surface area contributed by atoms with Crippen LogP contribution in [-0.2, 0) is 20.8 Å². The smallest absolute Gasteiger partial charge is 0.413 e. The number of ether oxygens (including phenoxy) is 3. The van der Waals surface area contributed by atoms with Crippen LogP contribution >= 0.6 is 0 Å². The van der Waals surface area contributed by atoms with E-state index in [0.717, 1.165) is 35.6 Å². The minimum atomic E-state index is -0.546. The molecule has 1 aromatic heterocycles. The molecule has 0 spiro atoms. The second-order valence-corrected chi connectivity index (χ2v) is 5.13. The highest BCUT2D eigenvalue weighted by atomic mass is 16.5. The maximum Gasteiger partial charge on any atom is 0.413 e. The Balaban J connectivity index is 2.38. The third-order valence-corrected chi connectivity index (χ3v) is 3.62. The number of hydrogen-bond acceptors (Lipinski definition) is 5. The van der Waals surface area contributed by atoms with Crippen LogP contribution in [0.2, 0.25) is 0 Å². The maximum absolute atomic E-state index is 11.5. The minimum absolute atomic E-state index is 0.444. The van der Waals surface area contributed by atoms with Gasteiger partial charge in [-0.3, -0.25) is 5.32 Å². The monoisotopic (exact) mass is 335 g/mol. The van der Waals surface area contributed by atoms with Crippen molar-refractivity contribution in [3.63, 3.8) is 0 Å². The van der Waals surface area contributed by atoms with Gasteiger partial charge in [0.1, 0.15) is 5.76 Å². The molecule has 7 heteroatoms. The molecule has 2 rings (SSSR count). The fourth-order valence-electron chi connectivity index (χ4n) is 2.57. The van der Waals surface area contributed by atoms with E-state index in [1.165, 1.54) is 7.11 Å². The summed E-state index contributed by atoms with van der Waals surface area (Å²) < 4.78 is 18.1. The lowest BCUT2D eigenvalue weighted by Gasteiger charge is -2.20. The Kier molecular flexibility index (Phi) is 6.28. The Bertz CT molecular complexity index is 646. The van der Waals surface area contributed by atoms with Gasteiger partial charge < -0.3 is 18.8 Å². The minimum Gasteiger partial charge on any atom is -0.494 e. The van der Waals surface area contributed by atoms with Gasteiger partial charge in [-0.25, -0.2) is 9.78 Å². The van der Waals surface area contributed by atoms with Gasteiger partial charge >= 0.3 is 6.09 Å². The van der Waals surface area contributed by atoms with Crippen LogP contribution in [0.4, 0.5) is 10.7 Å². The van der Waals surface area contributed by atoms with E-state index in [4.69, 9.17) is 9.47 Å². The molecule has 24 heavy (non-hydrogen) atoms. The number of aryl methyl sites for hydroxylation is 1. The Hall–Kier alpha value is -2.44. The quantitative estimate of drug-likeness (QED) is 0.825. The third-order valence-electron chi connectivity index (χ3n) is 3.62. The fourth-order valence-corrected chi connectivity index (χ4v) is 2.57. The average molecular weight is 335 g/mol. The van der Waals surface area contributed by atoms with Crippen molar-refractivity contribution in [1.82, 2.24) is 9.55 Å². The second-order valence-electron chi connectivity index (χ2n) is 5.13. The molecule has 0 saturated heterocycles. The van der Waals surface area contributed by atoms with Gasteiger partial charge in [0.05, 0.1) is 26.0 Å². The van der Waals surface area contributed by atoms with Crippen LogP contribution in [0, 0.1) is 0 Å². The average Bonchev–Trinajstić information content (AvgIpc) is 2.99. The fraction of sp³-hybridized carbons (Fsp3) is 0.529. The van der Waals surface area contributed by atoms with Gasteiger partial charge in [0.15, 0.2) is 5.76 Å². The van der Waals surface area contributed by atoms with Gasteiger partial charge in [-0.15, -0.1) is 0 Å². The standard InChI is InChI=1S/C17H25N3O4/c1-5-20-11-13(18-16(20)19-17(21)22-4)12-9-8-10-14(23-6-2)15(12)24-7-3/h9,11H,5-8,10H2,1-4H3,(H,18,19,21). The van der Waals surface area contributed by atoms with E-state index in [-0.39, 0.29) is 0 Å². The summed E-state index contributed by atoms with van der Waals surface area (Å²) in [6.07, 6.45) is 5.12. The van der Waals surface area contributed by atoms with E-state index in [2.05, 4.69) is 21.1 Å². The molecule has 1 aromatic rings. The summed E-state index contributed by atoms with van der Waals surface area (Å²) in [4.78, 5) is 16.0. The molecule has 0 radical (unpaired) electrons. The summed E-state index contributed by atoms with van der Waals surface area (Å²) in [6.45, 7) is 7.69. The first kappa shape index (κ1) is 17.9. The van der Waals surface area contributed by atoms with Crippen LogP contribution in [0.15, 0.2) is 23.8 Å². The molecule has 1 heterocycles. The zero-order valence-electron chi connectivity index (χ0n) is 14.7. The van der Waals surface area contributed by atoms with E-state index in [0.29, 0.717) is 25.7 Å². The molecular weight excluding hydrogens is 310 g/mol. The lowest BCUT2D eigenvalue weighted by atomic mass is 10.0. The number of aromatic nitrogens is 2. The number of carbonyl (C=O) groups excluding carboxylic acids is 1. The molecule has 0 aromatic carbocycles. The molecule has 0 fully saturated rings. The van der Waals surface area contributed by atoms with Crippen molar-refractivity contribution in [3.05, 3.63) is 29.5 Å². The first-order chi connectivity index (χ1) is 11.6. The molecule has 7 nitrogen and oxygen atoms in total. The van der Waals surface area contributed by atoms with Crippen LogP contribution < -0.4 is 5.32 Å². The molecule has 1 aliphatic rings. The van der Waals surface area contributed by atoms with E-state index in [1.807, 2.05) is 31.5 Å². The Morgan fingerprint density at radius 1 is 1.29 bits per heavy atom. The molecule has 1 amide bonds. The van der Waals surface area contributed by atoms with Crippen LogP contribution in [0.1, 0.15) is 39.3 Å². The summed E-state index contributed by atoms with van der Waals surface area (Å²) in [5.41, 5.74) is 1.63. The van der Waals surface area contributed by atoms with Crippen molar-refractivity contribution in [1.29, 1.82) is 0 Å². The molecule has 0 aliphatic heterocycles. The SMILES string of the molecule is CCOC1=C(OCC)C(c2cn(CC)c(NC(=O)OC)n2)=CCC1. The Morgan fingerprint density at radius 2 is 2.04 bits per heavy atom. The number of anilines is 1. The zero-order valence-corrected chi connectivity index (χ0v) is 14.7. The highest BCUT2D eigenvalue weighted by molar-refractivity contribution is 5.83. The number of allylic oxidation sites excluding steroid dienone is 3. The molecule has 0 bridgehead atoms. The molecule has 0 atom stereocenters. The first-order valence-electron chi connectivity index (χ1n) is 8.26. The highest BCUT2D eigenvalue weighted by Crippen LogP contribution is 2.34. The Morgan fingerprint density at radius 3 is 2.67 bits per heavy atom. The number of nitrogens with zero attached hydrogens (tertiary/aromatic N) is 2. The number of methoxy groups -OCH3 is 1. The van der Waals surface area contributed by atoms with Crippen molar-refractivity contribution in [3.8, 4) is 0 Å². The van der Waals surface area contributed by atoms with Crippen LogP contribution in [0.25, 0.3) is 5.57 Å². The second kappa shape index (κ2) is 8.42. The topological polar surface area (TPSA) is 74.6 Å². The van der Waals surface area contributed by atoms with Gasteiger partial charge in [0, 0.05) is 24.7 Å². The lowest BCUT2D eigenvalue weighted by molar-refractivity contribution is 0.168. The zero-order chi connectivity index (χ0) is 17.5. The predicted octanol–water partition coefficient (Wildman–Crippen LogP) is 3.54.